The summed E-state index contributed by atoms with van der Waals surface area (Å²) < 4.78 is 28.1. The molecule has 0 aromatic heterocycles. The van der Waals surface area contributed by atoms with Crippen LogP contribution < -0.4 is 11.1 Å². The Kier molecular flexibility index (Phi) is 11.7. The topological polar surface area (TPSA) is 99.0 Å². The van der Waals surface area contributed by atoms with Gasteiger partial charge in [-0.25, -0.2) is 8.78 Å². The monoisotopic (exact) mass is 669 g/mol. The first-order valence-corrected chi connectivity index (χ1v) is 16.8. The van der Waals surface area contributed by atoms with E-state index in [-0.39, 0.29) is 25.3 Å². The van der Waals surface area contributed by atoms with Crippen LogP contribution in [0, 0.1) is 11.6 Å². The van der Waals surface area contributed by atoms with E-state index in [0.717, 1.165) is 59.8 Å². The number of nitrogens with one attached hydrogen (secondary N) is 1. The molecule has 1 aliphatic heterocycles. The highest BCUT2D eigenvalue weighted by atomic mass is 19.2. The van der Waals surface area contributed by atoms with Gasteiger partial charge in [0.2, 0.25) is 11.8 Å². The lowest BCUT2D eigenvalue weighted by Gasteiger charge is -2.35. The largest absolute Gasteiger partial charge is 0.354 e. The van der Waals surface area contributed by atoms with Crippen LogP contribution in [-0.2, 0) is 29.0 Å². The lowest BCUT2D eigenvalue weighted by atomic mass is 9.98. The molecule has 1 fully saturated rings. The van der Waals surface area contributed by atoms with Crippen molar-refractivity contribution in [1.82, 2.24) is 20.0 Å². The molecule has 1 heterocycles. The van der Waals surface area contributed by atoms with E-state index in [2.05, 4.69) is 17.3 Å². The average molecular weight is 670 g/mol. The maximum absolute atomic E-state index is 14.6. The molecular weight excluding hydrogens is 624 g/mol. The summed E-state index contributed by atoms with van der Waals surface area (Å²) in [5.41, 5.74) is 8.20. The maximum atomic E-state index is 14.6. The number of hydrogen-bond acceptors (Lipinski definition) is 5. The smallest absolute Gasteiger partial charge is 0.254 e. The summed E-state index contributed by atoms with van der Waals surface area (Å²) in [6.45, 7) is 1.67. The lowest BCUT2D eigenvalue weighted by molar-refractivity contribution is -0.142. The van der Waals surface area contributed by atoms with Gasteiger partial charge in [-0.15, -0.1) is 0 Å². The van der Waals surface area contributed by atoms with E-state index in [4.69, 9.17) is 5.73 Å². The normalized spacial score (nSPS) is 15.9. The molecule has 10 heteroatoms. The number of carbonyl (C=O) groups is 3. The highest BCUT2D eigenvalue weighted by Crippen LogP contribution is 2.22. The fraction of sp³-hybridized carbons (Fsp3) is 0.359. The fourth-order valence-electron chi connectivity index (χ4n) is 6.66. The molecule has 5 rings (SSSR count). The fourth-order valence-corrected chi connectivity index (χ4v) is 6.66. The number of fused-ring (bicyclic) bond motifs is 1. The summed E-state index contributed by atoms with van der Waals surface area (Å²) in [5, 5.41) is 5.03. The van der Waals surface area contributed by atoms with E-state index < -0.39 is 35.5 Å². The highest BCUT2D eigenvalue weighted by molar-refractivity contribution is 5.98. The molecule has 8 nitrogen and oxygen atoms in total. The van der Waals surface area contributed by atoms with Crippen LogP contribution in [0.15, 0.2) is 84.9 Å². The number of amides is 3. The van der Waals surface area contributed by atoms with Crippen molar-refractivity contribution in [3.63, 3.8) is 0 Å². The van der Waals surface area contributed by atoms with Crippen LogP contribution in [-0.4, -0.2) is 84.8 Å². The van der Waals surface area contributed by atoms with Crippen LogP contribution >= 0.6 is 0 Å². The van der Waals surface area contributed by atoms with Gasteiger partial charge in [-0.2, -0.15) is 0 Å². The average Bonchev–Trinajstić information content (AvgIpc) is 3.53. The van der Waals surface area contributed by atoms with Gasteiger partial charge in [-0.1, -0.05) is 60.7 Å². The maximum Gasteiger partial charge on any atom is 0.254 e. The van der Waals surface area contributed by atoms with Gasteiger partial charge in [0.1, 0.15) is 12.1 Å². The number of rotatable bonds is 13. The van der Waals surface area contributed by atoms with Gasteiger partial charge in [0.15, 0.2) is 11.6 Å². The first-order chi connectivity index (χ1) is 23.5. The van der Waals surface area contributed by atoms with Crippen molar-refractivity contribution in [3.05, 3.63) is 119 Å². The van der Waals surface area contributed by atoms with E-state index in [0.29, 0.717) is 23.7 Å². The molecule has 1 aliphatic rings. The zero-order valence-electron chi connectivity index (χ0n) is 28.4. The van der Waals surface area contributed by atoms with Crippen molar-refractivity contribution in [1.29, 1.82) is 0 Å². The van der Waals surface area contributed by atoms with Gasteiger partial charge in [-0.3, -0.25) is 14.4 Å². The third-order valence-corrected chi connectivity index (χ3v) is 9.70. The van der Waals surface area contributed by atoms with Crippen molar-refractivity contribution in [3.8, 4) is 0 Å². The summed E-state index contributed by atoms with van der Waals surface area (Å²) in [6, 6.07) is 22.5. The SMILES string of the molecule is CN1CCCC1CCNC(=O)[C@@H](Cc1ccc(F)c(F)c1)N(C)C(=O)[C@@H](Cc1ccc2ccccc2c1)N(C)C(=O)c1cccc(CN)c1. The molecule has 258 valence electrons. The number of nitrogens with zero attached hydrogens (tertiary/aromatic N) is 3. The van der Waals surface area contributed by atoms with E-state index >= 15 is 0 Å². The molecule has 3 amide bonds. The first-order valence-electron chi connectivity index (χ1n) is 16.8. The van der Waals surface area contributed by atoms with Gasteiger partial charge < -0.3 is 25.8 Å². The molecule has 0 radical (unpaired) electrons. The van der Waals surface area contributed by atoms with E-state index in [9.17, 15) is 23.2 Å². The van der Waals surface area contributed by atoms with Gasteiger partial charge in [0, 0.05) is 51.6 Å². The summed E-state index contributed by atoms with van der Waals surface area (Å²) in [4.78, 5) is 47.3. The zero-order valence-corrected chi connectivity index (χ0v) is 28.4. The second-order valence-electron chi connectivity index (χ2n) is 13.0. The van der Waals surface area contributed by atoms with Crippen molar-refractivity contribution in [2.45, 2.75) is 56.8 Å². The van der Waals surface area contributed by atoms with Gasteiger partial charge in [0.25, 0.3) is 5.91 Å². The molecule has 0 spiro atoms. The number of nitrogens with two attached hydrogens (primary N) is 1. The minimum Gasteiger partial charge on any atom is -0.354 e. The summed E-state index contributed by atoms with van der Waals surface area (Å²) in [7, 11) is 5.17. The molecule has 0 aliphatic carbocycles. The molecule has 4 aromatic rings. The molecule has 0 saturated carbocycles. The molecule has 3 N–H and O–H groups in total. The Hall–Kier alpha value is -4.67. The van der Waals surface area contributed by atoms with Crippen molar-refractivity contribution in [2.75, 3.05) is 34.2 Å². The third-order valence-electron chi connectivity index (χ3n) is 9.70. The van der Waals surface area contributed by atoms with Crippen molar-refractivity contribution in [2.24, 2.45) is 5.73 Å². The number of benzene rings is 4. The summed E-state index contributed by atoms with van der Waals surface area (Å²) >= 11 is 0. The standard InChI is InChI=1S/C39H45F2N5O3/c1-44-19-7-12-32(44)17-18-43-37(47)35(23-27-14-16-33(40)34(41)22-27)45(2)39(49)36(24-26-13-15-29-9-4-5-10-30(29)20-26)46(3)38(48)31-11-6-8-28(21-31)25-42/h4-6,8-11,13-16,20-22,32,35-36H,7,12,17-19,23-25,42H2,1-3H3,(H,43,47)/t32?,35-,36-/m1/s1. The van der Waals surface area contributed by atoms with Crippen LogP contribution in [0.5, 0.6) is 0 Å². The van der Waals surface area contributed by atoms with Crippen LogP contribution in [0.3, 0.4) is 0 Å². The zero-order chi connectivity index (χ0) is 35.1. The van der Waals surface area contributed by atoms with Gasteiger partial charge in [0.05, 0.1) is 0 Å². The van der Waals surface area contributed by atoms with E-state index in [1.165, 1.54) is 22.9 Å². The Morgan fingerprint density at radius 3 is 2.27 bits per heavy atom. The summed E-state index contributed by atoms with van der Waals surface area (Å²) in [5.74, 6) is -3.27. The Bertz CT molecular complexity index is 1800. The third kappa shape index (κ3) is 8.68. The Labute approximate surface area is 286 Å². The minimum atomic E-state index is -1.05. The van der Waals surface area contributed by atoms with Crippen LogP contribution in [0.4, 0.5) is 8.78 Å². The van der Waals surface area contributed by atoms with Crippen LogP contribution in [0.25, 0.3) is 10.8 Å². The van der Waals surface area contributed by atoms with E-state index in [1.807, 2.05) is 48.5 Å². The van der Waals surface area contributed by atoms with Crippen LogP contribution in [0.1, 0.15) is 46.3 Å². The summed E-state index contributed by atoms with van der Waals surface area (Å²) in [6.07, 6.45) is 3.04. The van der Waals surface area contributed by atoms with Crippen molar-refractivity contribution < 1.29 is 23.2 Å². The predicted octanol–water partition coefficient (Wildman–Crippen LogP) is 4.93. The molecule has 1 saturated heterocycles. The molecule has 4 aromatic carbocycles. The molecule has 3 atom stereocenters. The van der Waals surface area contributed by atoms with E-state index in [1.54, 1.807) is 25.2 Å². The van der Waals surface area contributed by atoms with Gasteiger partial charge in [-0.05, 0) is 84.6 Å². The Morgan fingerprint density at radius 1 is 0.837 bits per heavy atom. The van der Waals surface area contributed by atoms with Crippen LogP contribution in [0.2, 0.25) is 0 Å². The lowest BCUT2D eigenvalue weighted by Crippen LogP contribution is -2.56. The number of hydrogen-bond donors (Lipinski definition) is 2. The number of likely N-dealkylation sites (N-methyl/N-ethyl adjacent to an activating group) is 2. The number of likely N-dealkylation sites (tertiary alicyclic amines) is 1. The number of halogens is 2. The molecule has 1 unspecified atom stereocenters. The first kappa shape index (κ1) is 35.6. The second kappa shape index (κ2) is 16.2. The minimum absolute atomic E-state index is 0.0481. The molecule has 0 bridgehead atoms. The number of carbonyl (C=O) groups excluding carboxylic acids is 3. The van der Waals surface area contributed by atoms with Gasteiger partial charge >= 0.3 is 0 Å². The Balaban J connectivity index is 1.45. The Morgan fingerprint density at radius 2 is 1.55 bits per heavy atom. The van der Waals surface area contributed by atoms with Crippen molar-refractivity contribution >= 4 is 28.5 Å². The second-order valence-corrected chi connectivity index (χ2v) is 13.0. The molecular formula is C39H45F2N5O3. The molecule has 49 heavy (non-hydrogen) atoms. The highest BCUT2D eigenvalue weighted by Gasteiger charge is 2.36. The predicted molar refractivity (Wildman–Crippen MR) is 188 cm³/mol. The quantitative estimate of drug-likeness (QED) is 0.211.